The fourth-order valence-electron chi connectivity index (χ4n) is 4.61. The number of carbonyl (C=O) groups excluding carboxylic acids is 2. The zero-order chi connectivity index (χ0) is 29.0. The van der Waals surface area contributed by atoms with E-state index < -0.39 is 31.6 Å². The van der Waals surface area contributed by atoms with E-state index in [9.17, 15) is 19.3 Å². The van der Waals surface area contributed by atoms with Gasteiger partial charge in [-0.15, -0.1) is 0 Å². The first-order valence-corrected chi connectivity index (χ1v) is 15.5. The van der Waals surface area contributed by atoms with Gasteiger partial charge in [-0.2, -0.15) is 0 Å². The third-order valence-corrected chi connectivity index (χ3v) is 9.01. The molecule has 1 aliphatic heterocycles. The molecule has 0 bridgehead atoms. The van der Waals surface area contributed by atoms with E-state index in [2.05, 4.69) is 16.0 Å². The third-order valence-electron chi connectivity index (χ3n) is 6.54. The quantitative estimate of drug-likeness (QED) is 0.212. The first-order valence-electron chi connectivity index (χ1n) is 13.5. The summed E-state index contributed by atoms with van der Waals surface area (Å²) >= 11 is 6.02. The molecule has 0 radical (unpaired) electrons. The number of halogens is 1. The molecule has 2 aromatic carbocycles. The van der Waals surface area contributed by atoms with Crippen molar-refractivity contribution in [3.63, 3.8) is 0 Å². The standard InChI is InChI=1S/C28H39ClN3O7P/c1-3-38-40(36,39-4-2)27(34)25(17-22-13-14-30-26(22)33)31-18-24(16-20-9-6-5-7-10-20)32-28(35)37-19-21-11-8-12-23(29)15-21/h5-12,15,22,24-25,27,31,34H,3-4,13-14,16-19H2,1-2H3,(H,30,33)(H,32,35). The molecule has 10 nitrogen and oxygen atoms in total. The normalized spacial score (nSPS) is 17.6. The van der Waals surface area contributed by atoms with Crippen LogP contribution in [0.5, 0.6) is 0 Å². The summed E-state index contributed by atoms with van der Waals surface area (Å²) in [5, 5.41) is 20.7. The fraction of sp³-hybridized carbons (Fsp3) is 0.500. The molecule has 2 aromatic rings. The maximum Gasteiger partial charge on any atom is 0.407 e. The van der Waals surface area contributed by atoms with Crippen molar-refractivity contribution in [2.45, 2.75) is 57.6 Å². The molecule has 0 aromatic heterocycles. The second-order valence-corrected chi connectivity index (χ2v) is 12.1. The maximum absolute atomic E-state index is 13.4. The SMILES string of the molecule is CCOP(=O)(OCC)C(O)C(CC1CCNC1=O)NCC(Cc1ccccc1)NC(=O)OCc1cccc(Cl)c1. The molecular formula is C28H39ClN3O7P. The number of aliphatic hydroxyl groups is 1. The topological polar surface area (TPSA) is 135 Å². The summed E-state index contributed by atoms with van der Waals surface area (Å²) in [6, 6.07) is 15.4. The Kier molecular flexibility index (Phi) is 12.9. The molecule has 3 rings (SSSR count). The van der Waals surface area contributed by atoms with Gasteiger partial charge in [-0.05, 0) is 56.4 Å². The van der Waals surface area contributed by atoms with Crippen LogP contribution in [0.3, 0.4) is 0 Å². The van der Waals surface area contributed by atoms with Crippen LogP contribution in [0.25, 0.3) is 0 Å². The van der Waals surface area contributed by atoms with Crippen molar-refractivity contribution >= 4 is 31.2 Å². The molecule has 0 aliphatic carbocycles. The van der Waals surface area contributed by atoms with Crippen LogP contribution in [-0.4, -0.2) is 61.3 Å². The number of amides is 2. The average molecular weight is 596 g/mol. The number of nitrogens with one attached hydrogen (secondary N) is 3. The first-order chi connectivity index (χ1) is 19.2. The van der Waals surface area contributed by atoms with E-state index >= 15 is 0 Å². The van der Waals surface area contributed by atoms with Crippen molar-refractivity contribution in [2.24, 2.45) is 5.92 Å². The number of hydrogen-bond acceptors (Lipinski definition) is 8. The average Bonchev–Trinajstić information content (AvgIpc) is 3.34. The van der Waals surface area contributed by atoms with Crippen molar-refractivity contribution in [1.29, 1.82) is 0 Å². The molecule has 1 heterocycles. The molecule has 1 saturated heterocycles. The van der Waals surface area contributed by atoms with Gasteiger partial charge in [-0.3, -0.25) is 9.36 Å². The molecular weight excluding hydrogens is 557 g/mol. The Morgan fingerprint density at radius 2 is 1.82 bits per heavy atom. The molecule has 4 N–H and O–H groups in total. The Morgan fingerprint density at radius 1 is 1.12 bits per heavy atom. The minimum atomic E-state index is -3.91. The van der Waals surface area contributed by atoms with Crippen LogP contribution in [0.1, 0.15) is 37.8 Å². The lowest BCUT2D eigenvalue weighted by atomic mass is 9.98. The monoisotopic (exact) mass is 595 g/mol. The van der Waals surface area contributed by atoms with Gasteiger partial charge in [-0.1, -0.05) is 54.1 Å². The van der Waals surface area contributed by atoms with Crippen molar-refractivity contribution in [1.82, 2.24) is 16.0 Å². The van der Waals surface area contributed by atoms with E-state index in [1.54, 1.807) is 32.0 Å². The first kappa shape index (κ1) is 32.1. The highest BCUT2D eigenvalue weighted by Crippen LogP contribution is 2.53. The predicted octanol–water partition coefficient (Wildman–Crippen LogP) is 4.25. The zero-order valence-electron chi connectivity index (χ0n) is 22.9. The highest BCUT2D eigenvalue weighted by molar-refractivity contribution is 7.54. The molecule has 0 spiro atoms. The number of hydrogen-bond donors (Lipinski definition) is 4. The second-order valence-electron chi connectivity index (χ2n) is 9.55. The minimum absolute atomic E-state index is 0.0436. The van der Waals surface area contributed by atoms with Crippen LogP contribution in [0.15, 0.2) is 54.6 Å². The van der Waals surface area contributed by atoms with Crippen LogP contribution in [-0.2, 0) is 36.2 Å². The summed E-state index contributed by atoms with van der Waals surface area (Å²) in [5.74, 6) is -2.01. The smallest absolute Gasteiger partial charge is 0.407 e. The van der Waals surface area contributed by atoms with Crippen LogP contribution in [0.4, 0.5) is 4.79 Å². The molecule has 1 fully saturated rings. The van der Waals surface area contributed by atoms with Crippen molar-refractivity contribution < 1.29 is 33.0 Å². The van der Waals surface area contributed by atoms with Crippen LogP contribution in [0.2, 0.25) is 5.02 Å². The van der Waals surface area contributed by atoms with E-state index in [1.165, 1.54) is 0 Å². The summed E-state index contributed by atoms with van der Waals surface area (Å²) < 4.78 is 29.6. The fourth-order valence-corrected chi connectivity index (χ4v) is 6.59. The number of carbonyl (C=O) groups is 2. The number of alkyl carbamates (subject to hydrolysis) is 1. The summed E-state index contributed by atoms with van der Waals surface area (Å²) in [5.41, 5.74) is 1.73. The van der Waals surface area contributed by atoms with E-state index in [-0.39, 0.29) is 44.6 Å². The minimum Gasteiger partial charge on any atom is -0.445 e. The van der Waals surface area contributed by atoms with Gasteiger partial charge in [0.05, 0.1) is 13.2 Å². The lowest BCUT2D eigenvalue weighted by Gasteiger charge is -2.32. The van der Waals surface area contributed by atoms with E-state index in [0.717, 1.165) is 11.1 Å². The molecule has 1 aliphatic rings. The van der Waals surface area contributed by atoms with Gasteiger partial charge in [0.1, 0.15) is 6.61 Å². The molecule has 40 heavy (non-hydrogen) atoms. The molecule has 12 heteroatoms. The number of aliphatic hydroxyl groups excluding tert-OH is 1. The Morgan fingerprint density at radius 3 is 2.45 bits per heavy atom. The highest BCUT2D eigenvalue weighted by Gasteiger charge is 2.42. The number of rotatable bonds is 16. The van der Waals surface area contributed by atoms with Gasteiger partial charge >= 0.3 is 13.7 Å². The highest BCUT2D eigenvalue weighted by atomic mass is 35.5. The van der Waals surface area contributed by atoms with Gasteiger partial charge in [0.15, 0.2) is 5.85 Å². The van der Waals surface area contributed by atoms with Crippen molar-refractivity contribution in [2.75, 3.05) is 26.3 Å². The zero-order valence-corrected chi connectivity index (χ0v) is 24.5. The molecule has 2 amide bonds. The van der Waals surface area contributed by atoms with Gasteiger partial charge < -0.3 is 34.8 Å². The van der Waals surface area contributed by atoms with E-state index in [0.29, 0.717) is 24.4 Å². The van der Waals surface area contributed by atoms with Crippen LogP contribution in [0, 0.1) is 5.92 Å². The lowest BCUT2D eigenvalue weighted by Crippen LogP contribution is -2.50. The largest absolute Gasteiger partial charge is 0.445 e. The molecule has 4 atom stereocenters. The second kappa shape index (κ2) is 16.1. The molecule has 220 valence electrons. The Balaban J connectivity index is 1.74. The predicted molar refractivity (Wildman–Crippen MR) is 153 cm³/mol. The van der Waals surface area contributed by atoms with Gasteiger partial charge in [0, 0.05) is 36.1 Å². The molecule has 4 unspecified atom stereocenters. The summed E-state index contributed by atoms with van der Waals surface area (Å²) in [6.45, 7) is 4.28. The molecule has 0 saturated carbocycles. The number of benzene rings is 2. The number of ether oxygens (including phenoxy) is 1. The Bertz CT molecular complexity index is 1130. The Labute approximate surface area is 240 Å². The van der Waals surface area contributed by atoms with Crippen LogP contribution >= 0.6 is 19.2 Å². The summed E-state index contributed by atoms with van der Waals surface area (Å²) in [7, 11) is -3.91. The van der Waals surface area contributed by atoms with Gasteiger partial charge in [-0.25, -0.2) is 4.79 Å². The summed E-state index contributed by atoms with van der Waals surface area (Å²) in [6.07, 6.45) is 0.651. The van der Waals surface area contributed by atoms with Crippen LogP contribution < -0.4 is 16.0 Å². The lowest BCUT2D eigenvalue weighted by molar-refractivity contribution is -0.122. The van der Waals surface area contributed by atoms with Crippen molar-refractivity contribution in [3.8, 4) is 0 Å². The Hall–Kier alpha value is -2.46. The maximum atomic E-state index is 13.4. The van der Waals surface area contributed by atoms with Gasteiger partial charge in [0.2, 0.25) is 5.91 Å². The third kappa shape index (κ3) is 9.87. The van der Waals surface area contributed by atoms with E-state index in [1.807, 2.05) is 36.4 Å². The van der Waals surface area contributed by atoms with E-state index in [4.69, 9.17) is 25.4 Å². The summed E-state index contributed by atoms with van der Waals surface area (Å²) in [4.78, 5) is 25.1. The van der Waals surface area contributed by atoms with Crippen molar-refractivity contribution in [3.05, 3.63) is 70.7 Å². The van der Waals surface area contributed by atoms with Gasteiger partial charge in [0.25, 0.3) is 0 Å².